The average Bonchev–Trinajstić information content (AvgIpc) is 2.51. The number of carbonyl (C=O) groups is 1. The molecule has 0 saturated carbocycles. The quantitative estimate of drug-likeness (QED) is 0.852. The zero-order chi connectivity index (χ0) is 15.8. The highest BCUT2D eigenvalue weighted by atomic mass is 19.1. The first-order valence-electron chi connectivity index (χ1n) is 7.34. The lowest BCUT2D eigenvalue weighted by Gasteiger charge is -2.07. The fraction of sp³-hybridized carbons (Fsp3) is 0.278. The molecule has 2 rings (SSSR count). The molecule has 0 atom stereocenters. The zero-order valence-corrected chi connectivity index (χ0v) is 12.6. The summed E-state index contributed by atoms with van der Waals surface area (Å²) in [5.74, 6) is 0.472. The summed E-state index contributed by atoms with van der Waals surface area (Å²) >= 11 is 0. The zero-order valence-electron chi connectivity index (χ0n) is 12.6. The van der Waals surface area contributed by atoms with Crippen LogP contribution in [-0.2, 0) is 11.2 Å². The summed E-state index contributed by atoms with van der Waals surface area (Å²) in [5, 5.41) is 2.83. The van der Waals surface area contributed by atoms with Crippen LogP contribution in [0.4, 0.5) is 4.39 Å². The molecule has 0 unspecified atom stereocenters. The first-order valence-corrected chi connectivity index (χ1v) is 7.34. The largest absolute Gasteiger partial charge is 0.493 e. The number of benzene rings is 2. The van der Waals surface area contributed by atoms with Crippen LogP contribution in [0.15, 0.2) is 48.5 Å². The number of hydrogen-bond acceptors (Lipinski definition) is 2. The highest BCUT2D eigenvalue weighted by Crippen LogP contribution is 2.11. The fourth-order valence-corrected chi connectivity index (χ4v) is 1.98. The topological polar surface area (TPSA) is 38.3 Å². The lowest BCUT2D eigenvalue weighted by molar-refractivity contribution is -0.121. The van der Waals surface area contributed by atoms with Gasteiger partial charge >= 0.3 is 0 Å². The Balaban J connectivity index is 1.61. The molecule has 1 N–H and O–H groups in total. The van der Waals surface area contributed by atoms with Gasteiger partial charge in [0.25, 0.3) is 0 Å². The molecule has 0 aromatic heterocycles. The summed E-state index contributed by atoms with van der Waals surface area (Å²) in [7, 11) is 0. The van der Waals surface area contributed by atoms with E-state index in [9.17, 15) is 9.18 Å². The summed E-state index contributed by atoms with van der Waals surface area (Å²) in [4.78, 5) is 11.7. The smallest absolute Gasteiger partial charge is 0.223 e. The van der Waals surface area contributed by atoms with Crippen molar-refractivity contribution in [2.75, 3.05) is 13.2 Å². The Kier molecular flexibility index (Phi) is 5.95. The third-order valence-corrected chi connectivity index (χ3v) is 3.27. The van der Waals surface area contributed by atoms with Gasteiger partial charge in [0, 0.05) is 6.54 Å². The van der Waals surface area contributed by atoms with E-state index >= 15 is 0 Å². The maximum Gasteiger partial charge on any atom is 0.223 e. The van der Waals surface area contributed by atoms with E-state index in [0.29, 0.717) is 26.0 Å². The van der Waals surface area contributed by atoms with Gasteiger partial charge in [-0.15, -0.1) is 0 Å². The van der Waals surface area contributed by atoms with Gasteiger partial charge in [-0.1, -0.05) is 29.8 Å². The van der Waals surface area contributed by atoms with Crippen molar-refractivity contribution in [2.45, 2.75) is 19.8 Å². The fourth-order valence-electron chi connectivity index (χ4n) is 1.98. The molecule has 116 valence electrons. The van der Waals surface area contributed by atoms with Crippen LogP contribution >= 0.6 is 0 Å². The van der Waals surface area contributed by atoms with Gasteiger partial charge in [0.2, 0.25) is 5.91 Å². The molecule has 0 bridgehead atoms. The predicted molar refractivity (Wildman–Crippen MR) is 84.4 cm³/mol. The molecule has 3 nitrogen and oxygen atoms in total. The van der Waals surface area contributed by atoms with Crippen LogP contribution in [0.25, 0.3) is 0 Å². The van der Waals surface area contributed by atoms with Crippen molar-refractivity contribution in [3.63, 3.8) is 0 Å². The summed E-state index contributed by atoms with van der Waals surface area (Å²) in [5.41, 5.74) is 2.17. The average molecular weight is 301 g/mol. The summed E-state index contributed by atoms with van der Waals surface area (Å²) < 4.78 is 18.3. The van der Waals surface area contributed by atoms with E-state index in [2.05, 4.69) is 5.32 Å². The molecule has 2 aromatic carbocycles. The highest BCUT2D eigenvalue weighted by molar-refractivity contribution is 5.75. The summed E-state index contributed by atoms with van der Waals surface area (Å²) in [6, 6.07) is 14.0. The molecule has 1 amide bonds. The molecule has 0 heterocycles. The highest BCUT2D eigenvalue weighted by Gasteiger charge is 2.02. The minimum absolute atomic E-state index is 0.0470. The Hall–Kier alpha value is -2.36. The Labute approximate surface area is 130 Å². The molecule has 0 fully saturated rings. The number of aryl methyl sites for hydroxylation is 1. The molecule has 0 saturated heterocycles. The lowest BCUT2D eigenvalue weighted by Crippen LogP contribution is -2.27. The van der Waals surface area contributed by atoms with Gasteiger partial charge in [-0.3, -0.25) is 4.79 Å². The second-order valence-corrected chi connectivity index (χ2v) is 5.14. The number of amides is 1. The molecule has 0 radical (unpaired) electrons. The Morgan fingerprint density at radius 2 is 1.77 bits per heavy atom. The first kappa shape index (κ1) is 16.0. The number of halogens is 1. The van der Waals surface area contributed by atoms with Gasteiger partial charge in [0.15, 0.2) is 0 Å². The molecule has 0 aliphatic carbocycles. The molecule has 2 aromatic rings. The van der Waals surface area contributed by atoms with Crippen molar-refractivity contribution in [1.29, 1.82) is 0 Å². The summed E-state index contributed by atoms with van der Waals surface area (Å²) in [6.07, 6.45) is 1.00. The van der Waals surface area contributed by atoms with Crippen molar-refractivity contribution < 1.29 is 13.9 Å². The number of hydrogen-bond donors (Lipinski definition) is 1. The number of rotatable bonds is 7. The molecular weight excluding hydrogens is 281 g/mol. The second kappa shape index (κ2) is 8.17. The third kappa shape index (κ3) is 5.56. The van der Waals surface area contributed by atoms with E-state index in [1.165, 1.54) is 17.7 Å². The van der Waals surface area contributed by atoms with Gasteiger partial charge in [0.1, 0.15) is 11.6 Å². The molecule has 0 spiro atoms. The molecule has 4 heteroatoms. The Bertz CT molecular complexity index is 540. The van der Waals surface area contributed by atoms with E-state index < -0.39 is 0 Å². The van der Waals surface area contributed by atoms with Gasteiger partial charge < -0.3 is 10.1 Å². The van der Waals surface area contributed by atoms with Crippen LogP contribution in [0.5, 0.6) is 5.75 Å². The molecule has 0 aliphatic heterocycles. The first-order chi connectivity index (χ1) is 10.6. The Morgan fingerprint density at radius 3 is 2.45 bits per heavy atom. The maximum atomic E-state index is 12.8. The molecular formula is C18H20FNO2. The van der Waals surface area contributed by atoms with Gasteiger partial charge in [-0.05, 0) is 43.2 Å². The van der Waals surface area contributed by atoms with Gasteiger partial charge in [-0.2, -0.15) is 0 Å². The van der Waals surface area contributed by atoms with Crippen LogP contribution in [0.3, 0.4) is 0 Å². The van der Waals surface area contributed by atoms with E-state index in [4.69, 9.17) is 4.74 Å². The van der Waals surface area contributed by atoms with Gasteiger partial charge in [0.05, 0.1) is 13.0 Å². The number of carbonyl (C=O) groups excluding carboxylic acids is 1. The van der Waals surface area contributed by atoms with Crippen LogP contribution in [-0.4, -0.2) is 19.1 Å². The van der Waals surface area contributed by atoms with Crippen molar-refractivity contribution in [3.8, 4) is 5.75 Å². The minimum atomic E-state index is -0.249. The van der Waals surface area contributed by atoms with Crippen LogP contribution in [0.1, 0.15) is 17.5 Å². The standard InChI is InChI=1S/C18H20FNO2/c1-14-2-8-17(9-3-14)22-13-11-18(21)20-12-10-15-4-6-16(19)7-5-15/h2-9H,10-13H2,1H3,(H,20,21). The van der Waals surface area contributed by atoms with Crippen LogP contribution in [0, 0.1) is 12.7 Å². The van der Waals surface area contributed by atoms with Crippen LogP contribution in [0.2, 0.25) is 0 Å². The minimum Gasteiger partial charge on any atom is -0.493 e. The van der Waals surface area contributed by atoms with E-state index in [1.54, 1.807) is 12.1 Å². The van der Waals surface area contributed by atoms with E-state index in [0.717, 1.165) is 11.3 Å². The lowest BCUT2D eigenvalue weighted by atomic mass is 10.1. The molecule has 22 heavy (non-hydrogen) atoms. The number of ether oxygens (including phenoxy) is 1. The Morgan fingerprint density at radius 1 is 1.09 bits per heavy atom. The monoisotopic (exact) mass is 301 g/mol. The number of nitrogens with one attached hydrogen (secondary N) is 1. The van der Waals surface area contributed by atoms with Crippen molar-refractivity contribution in [2.24, 2.45) is 0 Å². The molecule has 0 aliphatic rings. The maximum absolute atomic E-state index is 12.8. The van der Waals surface area contributed by atoms with Crippen molar-refractivity contribution >= 4 is 5.91 Å². The van der Waals surface area contributed by atoms with Crippen molar-refractivity contribution in [3.05, 3.63) is 65.5 Å². The van der Waals surface area contributed by atoms with Crippen LogP contribution < -0.4 is 10.1 Å². The second-order valence-electron chi connectivity index (χ2n) is 5.14. The van der Waals surface area contributed by atoms with Crippen molar-refractivity contribution in [1.82, 2.24) is 5.32 Å². The van der Waals surface area contributed by atoms with E-state index in [-0.39, 0.29) is 11.7 Å². The van der Waals surface area contributed by atoms with Gasteiger partial charge in [-0.25, -0.2) is 4.39 Å². The summed E-state index contributed by atoms with van der Waals surface area (Å²) in [6.45, 7) is 2.90. The predicted octanol–water partition coefficient (Wildman–Crippen LogP) is 3.26. The van der Waals surface area contributed by atoms with E-state index in [1.807, 2.05) is 31.2 Å². The SMILES string of the molecule is Cc1ccc(OCCC(=O)NCCc2ccc(F)cc2)cc1. The third-order valence-electron chi connectivity index (χ3n) is 3.27. The normalized spacial score (nSPS) is 10.3.